The van der Waals surface area contributed by atoms with E-state index in [2.05, 4.69) is 5.32 Å². The molecule has 1 rings (SSSR count). The van der Waals surface area contributed by atoms with Gasteiger partial charge in [-0.25, -0.2) is 0 Å². The quantitative estimate of drug-likeness (QED) is 0.387. The molecule has 0 radical (unpaired) electrons. The van der Waals surface area contributed by atoms with Gasteiger partial charge in [-0.1, -0.05) is 30.3 Å². The first-order valence-corrected chi connectivity index (χ1v) is 3.64. The Hall–Kier alpha value is -1.31. The zero-order chi connectivity index (χ0) is 7.94. The first kappa shape index (κ1) is 7.79. The van der Waals surface area contributed by atoms with Crippen molar-refractivity contribution >= 4 is 6.41 Å². The second kappa shape index (κ2) is 4.50. The maximum atomic E-state index is 9.88. The zero-order valence-electron chi connectivity index (χ0n) is 6.29. The standard InChI is InChI=1S/C9H11NO/c11-8-10-7-6-9-4-2-1-3-5-9/h1-5,8H,6-7H2,(H,10,11)/i8+1. The topological polar surface area (TPSA) is 29.1 Å². The molecule has 1 amide bonds. The number of nitrogens with one attached hydrogen (secondary N) is 1. The van der Waals surface area contributed by atoms with E-state index in [4.69, 9.17) is 0 Å². The van der Waals surface area contributed by atoms with Crippen molar-refractivity contribution in [1.82, 2.24) is 5.32 Å². The smallest absolute Gasteiger partial charge is 0.207 e. The molecule has 1 aromatic carbocycles. The Kier molecular flexibility index (Phi) is 3.19. The van der Waals surface area contributed by atoms with Crippen LogP contribution in [0.25, 0.3) is 0 Å². The van der Waals surface area contributed by atoms with Gasteiger partial charge in [-0.3, -0.25) is 4.79 Å². The van der Waals surface area contributed by atoms with Crippen LogP contribution in [0, 0.1) is 0 Å². The molecule has 0 aliphatic heterocycles. The van der Waals surface area contributed by atoms with E-state index < -0.39 is 0 Å². The minimum Gasteiger partial charge on any atom is -0.358 e. The predicted molar refractivity (Wildman–Crippen MR) is 44.2 cm³/mol. The van der Waals surface area contributed by atoms with Gasteiger partial charge >= 0.3 is 0 Å². The first-order chi connectivity index (χ1) is 5.43. The molecule has 0 fully saturated rings. The van der Waals surface area contributed by atoms with E-state index in [0.29, 0.717) is 6.54 Å². The molecule has 0 aliphatic rings. The largest absolute Gasteiger partial charge is 0.358 e. The third kappa shape index (κ3) is 2.85. The van der Waals surface area contributed by atoms with Gasteiger partial charge in [-0.15, -0.1) is 0 Å². The van der Waals surface area contributed by atoms with Crippen molar-refractivity contribution in [2.75, 3.05) is 6.54 Å². The number of amides is 1. The van der Waals surface area contributed by atoms with E-state index in [-0.39, 0.29) is 0 Å². The van der Waals surface area contributed by atoms with Crippen molar-refractivity contribution < 1.29 is 4.79 Å². The van der Waals surface area contributed by atoms with Crippen LogP contribution in [0.5, 0.6) is 0 Å². The van der Waals surface area contributed by atoms with Gasteiger partial charge < -0.3 is 5.32 Å². The molecule has 0 saturated heterocycles. The van der Waals surface area contributed by atoms with Crippen molar-refractivity contribution in [2.24, 2.45) is 0 Å². The van der Waals surface area contributed by atoms with Crippen LogP contribution in [-0.4, -0.2) is 13.0 Å². The molecule has 1 aromatic rings. The summed E-state index contributed by atoms with van der Waals surface area (Å²) in [6, 6.07) is 10.1. The van der Waals surface area contributed by atoms with Gasteiger partial charge in [0.1, 0.15) is 0 Å². The molecule has 0 spiro atoms. The maximum Gasteiger partial charge on any atom is 0.207 e. The van der Waals surface area contributed by atoms with Gasteiger partial charge in [0.25, 0.3) is 0 Å². The Morgan fingerprint density at radius 3 is 2.64 bits per heavy atom. The van der Waals surface area contributed by atoms with Crippen molar-refractivity contribution in [3.8, 4) is 0 Å². The van der Waals surface area contributed by atoms with Gasteiger partial charge in [0.05, 0.1) is 0 Å². The fourth-order valence-electron chi connectivity index (χ4n) is 0.920. The van der Waals surface area contributed by atoms with E-state index in [9.17, 15) is 4.79 Å². The van der Waals surface area contributed by atoms with Crippen molar-refractivity contribution in [2.45, 2.75) is 6.42 Å². The second-order valence-corrected chi connectivity index (χ2v) is 2.31. The summed E-state index contributed by atoms with van der Waals surface area (Å²) in [7, 11) is 0. The fraction of sp³-hybridized carbons (Fsp3) is 0.222. The molecular weight excluding hydrogens is 139 g/mol. The molecule has 2 nitrogen and oxygen atoms in total. The Bertz CT molecular complexity index is 208. The highest BCUT2D eigenvalue weighted by atomic mass is 16.2. The number of carbonyl (C=O) groups is 1. The lowest BCUT2D eigenvalue weighted by Crippen LogP contribution is -2.14. The molecule has 58 valence electrons. The molecule has 0 bridgehead atoms. The minimum atomic E-state index is 0.716. The minimum absolute atomic E-state index is 0.716. The summed E-state index contributed by atoms with van der Waals surface area (Å²) < 4.78 is 0. The van der Waals surface area contributed by atoms with Crippen LogP contribution < -0.4 is 5.32 Å². The molecule has 0 atom stereocenters. The van der Waals surface area contributed by atoms with E-state index in [1.807, 2.05) is 30.3 Å². The Morgan fingerprint density at radius 2 is 2.00 bits per heavy atom. The lowest BCUT2D eigenvalue weighted by atomic mass is 10.2. The predicted octanol–water partition coefficient (Wildman–Crippen LogP) is 0.975. The lowest BCUT2D eigenvalue weighted by Gasteiger charge is -1.98. The summed E-state index contributed by atoms with van der Waals surface area (Å²) >= 11 is 0. The van der Waals surface area contributed by atoms with Crippen LogP contribution in [0.2, 0.25) is 0 Å². The summed E-state index contributed by atoms with van der Waals surface area (Å²) in [5.41, 5.74) is 1.25. The van der Waals surface area contributed by atoms with Gasteiger partial charge in [0, 0.05) is 6.54 Å². The molecular formula is C9H11NO. The summed E-state index contributed by atoms with van der Waals surface area (Å²) in [5, 5.41) is 2.62. The van der Waals surface area contributed by atoms with Crippen molar-refractivity contribution in [3.63, 3.8) is 0 Å². The number of rotatable bonds is 4. The van der Waals surface area contributed by atoms with Crippen LogP contribution in [0.1, 0.15) is 5.56 Å². The third-order valence-corrected chi connectivity index (χ3v) is 1.48. The average molecular weight is 150 g/mol. The highest BCUT2D eigenvalue weighted by molar-refractivity contribution is 5.45. The lowest BCUT2D eigenvalue weighted by molar-refractivity contribution is -0.109. The molecule has 2 heteroatoms. The summed E-state index contributed by atoms with van der Waals surface area (Å²) in [4.78, 5) is 9.88. The number of hydrogen-bond donors (Lipinski definition) is 1. The van der Waals surface area contributed by atoms with Crippen LogP contribution in [0.4, 0.5) is 0 Å². The maximum absolute atomic E-state index is 9.88. The highest BCUT2D eigenvalue weighted by Crippen LogP contribution is 1.97. The summed E-state index contributed by atoms with van der Waals surface area (Å²) in [5.74, 6) is 0. The van der Waals surface area contributed by atoms with Crippen LogP contribution in [-0.2, 0) is 11.2 Å². The molecule has 11 heavy (non-hydrogen) atoms. The van der Waals surface area contributed by atoms with Crippen LogP contribution in [0.3, 0.4) is 0 Å². The Balaban J connectivity index is 2.33. The summed E-state index contributed by atoms with van der Waals surface area (Å²) in [6.07, 6.45) is 1.63. The van der Waals surface area contributed by atoms with Crippen LogP contribution in [0.15, 0.2) is 30.3 Å². The first-order valence-electron chi connectivity index (χ1n) is 3.64. The molecule has 1 N–H and O–H groups in total. The second-order valence-electron chi connectivity index (χ2n) is 2.31. The zero-order valence-corrected chi connectivity index (χ0v) is 6.29. The molecule has 0 heterocycles. The summed E-state index contributed by atoms with van der Waals surface area (Å²) in [6.45, 7) is 0.716. The van der Waals surface area contributed by atoms with Gasteiger partial charge in [0.15, 0.2) is 0 Å². The third-order valence-electron chi connectivity index (χ3n) is 1.48. The van der Waals surface area contributed by atoms with E-state index >= 15 is 0 Å². The Morgan fingerprint density at radius 1 is 1.27 bits per heavy atom. The van der Waals surface area contributed by atoms with E-state index in [1.54, 1.807) is 0 Å². The molecule has 0 unspecified atom stereocenters. The SMILES string of the molecule is O=[13CH]NCCc1ccccc1. The number of hydrogen-bond acceptors (Lipinski definition) is 1. The average Bonchev–Trinajstić information content (AvgIpc) is 2.07. The molecule has 0 saturated carbocycles. The fourth-order valence-corrected chi connectivity index (χ4v) is 0.920. The van der Waals surface area contributed by atoms with Crippen molar-refractivity contribution in [1.29, 1.82) is 0 Å². The number of benzene rings is 1. The van der Waals surface area contributed by atoms with Gasteiger partial charge in [-0.05, 0) is 12.0 Å². The number of carbonyl (C=O) groups excluding carboxylic acids is 1. The van der Waals surface area contributed by atoms with E-state index in [0.717, 1.165) is 12.8 Å². The van der Waals surface area contributed by atoms with E-state index in [1.165, 1.54) is 5.56 Å². The normalized spacial score (nSPS) is 9.09. The van der Waals surface area contributed by atoms with Crippen molar-refractivity contribution in [3.05, 3.63) is 35.9 Å². The van der Waals surface area contributed by atoms with Gasteiger partial charge in [0.2, 0.25) is 6.41 Å². The Labute approximate surface area is 66.2 Å². The van der Waals surface area contributed by atoms with Gasteiger partial charge in [-0.2, -0.15) is 0 Å². The molecule has 0 aromatic heterocycles. The molecule has 0 aliphatic carbocycles. The van der Waals surface area contributed by atoms with Crippen LogP contribution >= 0.6 is 0 Å². The highest BCUT2D eigenvalue weighted by Gasteiger charge is 1.88. The monoisotopic (exact) mass is 150 g/mol.